The second kappa shape index (κ2) is 18.6. The second-order valence-corrected chi connectivity index (χ2v) is 14.8. The summed E-state index contributed by atoms with van der Waals surface area (Å²) in [5.74, 6) is -0.237. The molecule has 254 valence electrons. The maximum Gasteiger partial charge on any atom is 0.186 e. The topological polar surface area (TPSA) is 92.3 Å². The number of nitrogens with zero attached hydrogens (tertiary/aromatic N) is 3. The Morgan fingerprint density at radius 3 is 2.23 bits per heavy atom. The zero-order chi connectivity index (χ0) is 33.2. The molecule has 1 saturated carbocycles. The van der Waals surface area contributed by atoms with Crippen LogP contribution in [0.2, 0.25) is 0 Å². The molecule has 2 saturated heterocycles. The van der Waals surface area contributed by atoms with Crippen molar-refractivity contribution in [3.05, 3.63) is 107 Å². The van der Waals surface area contributed by atoms with Crippen LogP contribution in [0.5, 0.6) is 0 Å². The second-order valence-electron chi connectivity index (χ2n) is 12.0. The molecule has 3 atom stereocenters. The maximum atomic E-state index is 14.7. The lowest BCUT2D eigenvalue weighted by molar-refractivity contribution is -0.126. The molecular formula is C37H42ClFN4O3S2. The molecule has 2 aliphatic heterocycles. The number of ketones is 1. The minimum Gasteiger partial charge on any atom is -0.313 e. The van der Waals surface area contributed by atoms with E-state index < -0.39 is 6.04 Å². The van der Waals surface area contributed by atoms with Gasteiger partial charge in [0.15, 0.2) is 16.0 Å². The number of nitrogens with one attached hydrogen (secondary N) is 1. The van der Waals surface area contributed by atoms with Gasteiger partial charge in [0, 0.05) is 67.9 Å². The number of thioether (sulfide) groups is 2. The molecule has 3 aliphatic rings. The fourth-order valence-electron chi connectivity index (χ4n) is 5.98. The number of rotatable bonds is 8. The maximum absolute atomic E-state index is 14.7. The Labute approximate surface area is 297 Å². The summed E-state index contributed by atoms with van der Waals surface area (Å²) in [6, 6.07) is 16.2. The summed E-state index contributed by atoms with van der Waals surface area (Å²) in [5.41, 5.74) is 4.68. The molecule has 1 aliphatic carbocycles. The molecule has 6 rings (SSSR count). The molecule has 1 aromatic heterocycles. The van der Waals surface area contributed by atoms with Gasteiger partial charge in [-0.2, -0.15) is 0 Å². The Hall–Kier alpha value is -3.15. The van der Waals surface area contributed by atoms with Gasteiger partial charge >= 0.3 is 0 Å². The first kappa shape index (κ1) is 37.7. The number of halogens is 2. The van der Waals surface area contributed by atoms with E-state index in [4.69, 9.17) is 0 Å². The quantitative estimate of drug-likeness (QED) is 0.261. The van der Waals surface area contributed by atoms with E-state index >= 15 is 0 Å². The first-order chi connectivity index (χ1) is 22.8. The number of carbonyl (C=O) groups is 3. The lowest BCUT2D eigenvalue weighted by Gasteiger charge is -2.38. The van der Waals surface area contributed by atoms with Crippen LogP contribution in [0, 0.1) is 11.7 Å². The number of piperidine rings is 2. The van der Waals surface area contributed by atoms with Crippen molar-refractivity contribution in [1.29, 1.82) is 0 Å². The number of benzene rings is 2. The lowest BCUT2D eigenvalue weighted by atomic mass is 9.93. The number of Topliss-reactive ketones (excluding diaryl/α,β-unsaturated/α-hetero) is 1. The summed E-state index contributed by atoms with van der Waals surface area (Å²) in [6.07, 6.45) is 12.5. The largest absolute Gasteiger partial charge is 0.313 e. The third-order valence-electron chi connectivity index (χ3n) is 8.30. The number of carbonyl (C=O) groups excluding carboxylic acids is 3. The predicted octanol–water partition coefficient (Wildman–Crippen LogP) is 7.21. The van der Waals surface area contributed by atoms with E-state index in [1.54, 1.807) is 50.6 Å². The summed E-state index contributed by atoms with van der Waals surface area (Å²) in [7, 11) is 0. The molecule has 0 bridgehead atoms. The van der Waals surface area contributed by atoms with Crippen LogP contribution in [0.15, 0.2) is 84.3 Å². The summed E-state index contributed by atoms with van der Waals surface area (Å²) >= 11 is 2.76. The number of aromatic nitrogens is 2. The molecule has 0 radical (unpaired) electrons. The molecule has 1 N–H and O–H groups in total. The zero-order valence-corrected chi connectivity index (χ0v) is 29.7. The summed E-state index contributed by atoms with van der Waals surface area (Å²) in [6.45, 7) is 6.21. The molecule has 7 nitrogen and oxygen atoms in total. The fraction of sp³-hybridized carbons (Fsp3) is 0.378. The normalized spacial score (nSPS) is 21.8. The third kappa shape index (κ3) is 10.9. The molecule has 2 aromatic carbocycles. The molecule has 3 unspecified atom stereocenters. The lowest BCUT2D eigenvalue weighted by Crippen LogP contribution is -2.43. The van der Waals surface area contributed by atoms with Crippen LogP contribution in [0.4, 0.5) is 4.39 Å². The highest BCUT2D eigenvalue weighted by atomic mass is 35.5. The van der Waals surface area contributed by atoms with Crippen LogP contribution in [0.1, 0.15) is 62.4 Å². The van der Waals surface area contributed by atoms with Crippen molar-refractivity contribution < 1.29 is 18.8 Å². The Morgan fingerprint density at radius 1 is 0.896 bits per heavy atom. The molecule has 3 aromatic rings. The molecule has 3 fully saturated rings. The average molecular weight is 709 g/mol. The number of hydrogen-bond acceptors (Lipinski definition) is 9. The Balaban J connectivity index is 0.000000246. The van der Waals surface area contributed by atoms with E-state index in [0.29, 0.717) is 36.0 Å². The first-order valence-corrected chi connectivity index (χ1v) is 17.8. The molecule has 3 heterocycles. The third-order valence-corrected chi connectivity index (χ3v) is 10.6. The van der Waals surface area contributed by atoms with Crippen molar-refractivity contribution in [2.45, 2.75) is 56.1 Å². The van der Waals surface area contributed by atoms with Gasteiger partial charge in [-0.3, -0.25) is 29.3 Å². The van der Waals surface area contributed by atoms with E-state index in [1.165, 1.54) is 40.7 Å². The predicted molar refractivity (Wildman–Crippen MR) is 196 cm³/mol. The first-order valence-electron chi connectivity index (χ1n) is 16.1. The highest BCUT2D eigenvalue weighted by Crippen LogP contribution is 2.40. The van der Waals surface area contributed by atoms with Gasteiger partial charge < -0.3 is 5.32 Å². The Kier molecular flexibility index (Phi) is 14.6. The van der Waals surface area contributed by atoms with Gasteiger partial charge in [-0.05, 0) is 61.1 Å². The van der Waals surface area contributed by atoms with Crippen LogP contribution in [-0.4, -0.2) is 67.6 Å². The molecule has 11 heteroatoms. The highest BCUT2D eigenvalue weighted by molar-refractivity contribution is 8.14. The van der Waals surface area contributed by atoms with Gasteiger partial charge in [0.05, 0.1) is 17.9 Å². The van der Waals surface area contributed by atoms with Crippen LogP contribution >= 0.6 is 35.9 Å². The van der Waals surface area contributed by atoms with E-state index in [2.05, 4.69) is 38.4 Å². The molecule has 0 spiro atoms. The van der Waals surface area contributed by atoms with E-state index in [-0.39, 0.29) is 45.4 Å². The minimum absolute atomic E-state index is 0. The van der Waals surface area contributed by atoms with Gasteiger partial charge in [0.25, 0.3) is 0 Å². The summed E-state index contributed by atoms with van der Waals surface area (Å²) in [4.78, 5) is 46.7. The fourth-order valence-corrected chi connectivity index (χ4v) is 7.84. The van der Waals surface area contributed by atoms with Gasteiger partial charge in [-0.25, -0.2) is 4.39 Å². The summed E-state index contributed by atoms with van der Waals surface area (Å²) < 4.78 is 14.7. The van der Waals surface area contributed by atoms with Crippen LogP contribution in [-0.2, 0) is 14.4 Å². The van der Waals surface area contributed by atoms with Crippen molar-refractivity contribution in [3.8, 4) is 0 Å². The number of likely N-dealkylation sites (tertiary alicyclic amines) is 1. The van der Waals surface area contributed by atoms with Crippen molar-refractivity contribution in [2.24, 2.45) is 5.92 Å². The van der Waals surface area contributed by atoms with Crippen LogP contribution in [0.3, 0.4) is 0 Å². The standard InChI is InChI=1S/C23H24FN3O2S.C14H17NOS.ClH/c1-15(28)30-21-8-11-27(14-17(21)12-18-13-25-9-10-26-18)22(23(29)16-6-7-16)19-4-2-3-5-20(19)24;1-11(16)17-14-7-8-15-10-13(14)9-12-5-3-2-4-6-12;/h2-5,9-10,12-13,16,21-22H,6-8,11,14H2,1H3;2-6,9,14-15H,7-8,10H2,1H3;1H/b17-12+;13-9+;. The zero-order valence-electron chi connectivity index (χ0n) is 27.2. The van der Waals surface area contributed by atoms with Crippen molar-refractivity contribution in [1.82, 2.24) is 20.2 Å². The SMILES string of the molecule is CC(=O)SC1CCN(C(C(=O)C2CC2)c2ccccc2F)C/C1=C\c1cnccn1.CC(=O)SC1CCNC/C1=C\c1ccccc1.Cl. The van der Waals surface area contributed by atoms with E-state index in [9.17, 15) is 18.8 Å². The Bertz CT molecular complexity index is 1600. The van der Waals surface area contributed by atoms with Gasteiger partial charge in [-0.15, -0.1) is 12.4 Å². The molecule has 48 heavy (non-hydrogen) atoms. The van der Waals surface area contributed by atoms with Crippen molar-refractivity contribution in [3.63, 3.8) is 0 Å². The monoisotopic (exact) mass is 708 g/mol. The van der Waals surface area contributed by atoms with E-state index in [1.807, 2.05) is 24.3 Å². The molecule has 0 amide bonds. The summed E-state index contributed by atoms with van der Waals surface area (Å²) in [5, 5.41) is 3.98. The number of hydrogen-bond donors (Lipinski definition) is 1. The van der Waals surface area contributed by atoms with E-state index in [0.717, 1.165) is 37.9 Å². The van der Waals surface area contributed by atoms with Crippen LogP contribution < -0.4 is 5.32 Å². The average Bonchev–Trinajstić information content (AvgIpc) is 3.91. The molecular weight excluding hydrogens is 667 g/mol. The van der Waals surface area contributed by atoms with Crippen LogP contribution in [0.25, 0.3) is 12.2 Å². The Morgan fingerprint density at radius 2 is 1.58 bits per heavy atom. The minimum atomic E-state index is -0.604. The van der Waals surface area contributed by atoms with Gasteiger partial charge in [0.1, 0.15) is 5.82 Å². The van der Waals surface area contributed by atoms with Crippen molar-refractivity contribution >= 4 is 64.1 Å². The smallest absolute Gasteiger partial charge is 0.186 e. The highest BCUT2D eigenvalue weighted by Gasteiger charge is 2.41. The van der Waals surface area contributed by atoms with Gasteiger partial charge in [0.2, 0.25) is 0 Å². The van der Waals surface area contributed by atoms with Crippen molar-refractivity contribution in [2.75, 3.05) is 26.2 Å². The van der Waals surface area contributed by atoms with Gasteiger partial charge in [-0.1, -0.05) is 78.1 Å².